The third-order valence-corrected chi connectivity index (χ3v) is 4.04. The van der Waals surface area contributed by atoms with Gasteiger partial charge in [-0.05, 0) is 40.0 Å². The molecule has 3 heterocycles. The van der Waals surface area contributed by atoms with Crippen molar-refractivity contribution < 1.29 is 13.9 Å². The molecule has 2 atom stereocenters. The van der Waals surface area contributed by atoms with E-state index in [1.54, 1.807) is 6.92 Å². The Kier molecular flexibility index (Phi) is 2.81. The van der Waals surface area contributed by atoms with Crippen molar-refractivity contribution in [3.05, 3.63) is 11.8 Å². The SMILES string of the molecule is Cc1nnc(C23CCCC(C2)N3C(=O)OC(C)(C)C)o1. The van der Waals surface area contributed by atoms with Crippen LogP contribution in [-0.4, -0.2) is 32.8 Å². The van der Waals surface area contributed by atoms with Crippen molar-refractivity contribution in [2.24, 2.45) is 0 Å². The van der Waals surface area contributed by atoms with E-state index in [1.807, 2.05) is 25.7 Å². The molecule has 3 aliphatic rings. The Labute approximate surface area is 118 Å². The van der Waals surface area contributed by atoms with Gasteiger partial charge < -0.3 is 9.15 Å². The van der Waals surface area contributed by atoms with Crippen LogP contribution in [0.2, 0.25) is 0 Å². The number of aromatic nitrogens is 2. The molecule has 6 heteroatoms. The molecule has 1 saturated carbocycles. The molecule has 0 aromatic carbocycles. The minimum Gasteiger partial charge on any atom is -0.444 e. The first-order valence-electron chi connectivity index (χ1n) is 7.15. The molecule has 1 aromatic rings. The number of fused-ring (bicyclic) bond motifs is 2. The smallest absolute Gasteiger partial charge is 0.411 e. The number of hydrogen-bond donors (Lipinski definition) is 0. The van der Waals surface area contributed by atoms with Gasteiger partial charge >= 0.3 is 6.09 Å². The molecular formula is C14H21N3O3. The predicted molar refractivity (Wildman–Crippen MR) is 71.0 cm³/mol. The average molecular weight is 279 g/mol. The van der Waals surface area contributed by atoms with Crippen LogP contribution in [0.15, 0.2) is 4.42 Å². The summed E-state index contributed by atoms with van der Waals surface area (Å²) in [5.41, 5.74) is -0.931. The molecule has 2 bridgehead atoms. The van der Waals surface area contributed by atoms with E-state index in [2.05, 4.69) is 10.2 Å². The van der Waals surface area contributed by atoms with Crippen molar-refractivity contribution in [2.45, 2.75) is 70.6 Å². The molecule has 1 amide bonds. The molecule has 2 saturated heterocycles. The number of aryl methyl sites for hydroxylation is 1. The van der Waals surface area contributed by atoms with Crippen LogP contribution < -0.4 is 0 Å². The molecule has 2 aliphatic heterocycles. The fourth-order valence-corrected chi connectivity index (χ4v) is 3.32. The second-order valence-electron chi connectivity index (χ2n) is 6.76. The number of carbonyl (C=O) groups is 1. The monoisotopic (exact) mass is 279 g/mol. The molecule has 2 unspecified atom stereocenters. The van der Waals surface area contributed by atoms with E-state index in [4.69, 9.17) is 9.15 Å². The van der Waals surface area contributed by atoms with E-state index in [0.717, 1.165) is 25.7 Å². The fraction of sp³-hybridized carbons (Fsp3) is 0.786. The minimum absolute atomic E-state index is 0.241. The van der Waals surface area contributed by atoms with Gasteiger partial charge in [0.25, 0.3) is 0 Å². The van der Waals surface area contributed by atoms with Crippen molar-refractivity contribution in [1.29, 1.82) is 0 Å². The van der Waals surface area contributed by atoms with Gasteiger partial charge in [-0.3, -0.25) is 4.90 Å². The van der Waals surface area contributed by atoms with Gasteiger partial charge in [-0.15, -0.1) is 10.2 Å². The summed E-state index contributed by atoms with van der Waals surface area (Å²) in [6, 6.07) is 0.241. The second kappa shape index (κ2) is 4.20. The molecule has 0 radical (unpaired) electrons. The normalized spacial score (nSPS) is 29.0. The first kappa shape index (κ1) is 13.4. The number of ether oxygens (including phenoxy) is 1. The molecular weight excluding hydrogens is 258 g/mol. The Morgan fingerprint density at radius 2 is 2.20 bits per heavy atom. The Morgan fingerprint density at radius 1 is 1.45 bits per heavy atom. The van der Waals surface area contributed by atoms with Crippen LogP contribution in [0.5, 0.6) is 0 Å². The highest BCUT2D eigenvalue weighted by Gasteiger charge is 2.61. The summed E-state index contributed by atoms with van der Waals surface area (Å²) >= 11 is 0. The van der Waals surface area contributed by atoms with Crippen LogP contribution in [0.3, 0.4) is 0 Å². The highest BCUT2D eigenvalue weighted by molar-refractivity contribution is 5.71. The summed E-state index contributed by atoms with van der Waals surface area (Å²) in [6.07, 6.45) is 3.59. The number of piperidine rings is 1. The lowest BCUT2D eigenvalue weighted by Crippen LogP contribution is -2.68. The van der Waals surface area contributed by atoms with Crippen molar-refractivity contribution in [3.8, 4) is 0 Å². The Morgan fingerprint density at radius 3 is 2.75 bits per heavy atom. The van der Waals surface area contributed by atoms with Crippen molar-refractivity contribution in [2.75, 3.05) is 0 Å². The number of hydrogen-bond acceptors (Lipinski definition) is 5. The number of nitrogens with zero attached hydrogens (tertiary/aromatic N) is 3. The van der Waals surface area contributed by atoms with E-state index >= 15 is 0 Å². The lowest BCUT2D eigenvalue weighted by molar-refractivity contribution is -0.125. The highest BCUT2D eigenvalue weighted by atomic mass is 16.6. The summed E-state index contributed by atoms with van der Waals surface area (Å²) in [5.74, 6) is 1.09. The summed E-state index contributed by atoms with van der Waals surface area (Å²) in [4.78, 5) is 14.3. The summed E-state index contributed by atoms with van der Waals surface area (Å²) in [6.45, 7) is 7.40. The van der Waals surface area contributed by atoms with E-state index in [9.17, 15) is 4.79 Å². The quantitative estimate of drug-likeness (QED) is 0.790. The van der Waals surface area contributed by atoms with E-state index in [-0.39, 0.29) is 12.1 Å². The standard InChI is InChI=1S/C14H21N3O3/c1-9-15-16-11(19-9)14-7-5-6-10(8-14)17(14)12(18)20-13(2,3)4/h10H,5-8H2,1-4H3. The Balaban J connectivity index is 1.88. The lowest BCUT2D eigenvalue weighted by Gasteiger charge is -2.59. The second-order valence-corrected chi connectivity index (χ2v) is 6.76. The third-order valence-electron chi connectivity index (χ3n) is 4.04. The Bertz CT molecular complexity index is 530. The molecule has 20 heavy (non-hydrogen) atoms. The van der Waals surface area contributed by atoms with E-state index in [0.29, 0.717) is 11.8 Å². The zero-order valence-corrected chi connectivity index (χ0v) is 12.5. The molecule has 0 spiro atoms. The van der Waals surface area contributed by atoms with Gasteiger partial charge in [0.05, 0.1) is 0 Å². The molecule has 1 aliphatic carbocycles. The lowest BCUT2D eigenvalue weighted by atomic mass is 9.68. The van der Waals surface area contributed by atoms with Gasteiger partial charge in [0.2, 0.25) is 11.8 Å². The summed E-state index contributed by atoms with van der Waals surface area (Å²) in [7, 11) is 0. The van der Waals surface area contributed by atoms with Crippen molar-refractivity contribution in [3.63, 3.8) is 0 Å². The van der Waals surface area contributed by atoms with Gasteiger partial charge in [-0.25, -0.2) is 4.79 Å². The predicted octanol–water partition coefficient (Wildman–Crippen LogP) is 2.77. The van der Waals surface area contributed by atoms with Crippen LogP contribution in [0, 0.1) is 6.92 Å². The molecule has 1 aromatic heterocycles. The topological polar surface area (TPSA) is 68.5 Å². The minimum atomic E-state index is -0.493. The van der Waals surface area contributed by atoms with Crippen molar-refractivity contribution >= 4 is 6.09 Å². The Hall–Kier alpha value is -1.59. The fourth-order valence-electron chi connectivity index (χ4n) is 3.32. The van der Waals surface area contributed by atoms with Crippen LogP contribution in [0.4, 0.5) is 4.79 Å². The largest absolute Gasteiger partial charge is 0.444 e. The average Bonchev–Trinajstić information content (AvgIpc) is 2.73. The van der Waals surface area contributed by atoms with Gasteiger partial charge in [0.1, 0.15) is 11.1 Å². The van der Waals surface area contributed by atoms with Crippen LogP contribution >= 0.6 is 0 Å². The van der Waals surface area contributed by atoms with Gasteiger partial charge in [0.15, 0.2) is 0 Å². The van der Waals surface area contributed by atoms with E-state index in [1.165, 1.54) is 0 Å². The zero-order chi connectivity index (χ0) is 14.5. The maximum absolute atomic E-state index is 12.5. The maximum atomic E-state index is 12.5. The maximum Gasteiger partial charge on any atom is 0.411 e. The van der Waals surface area contributed by atoms with Crippen LogP contribution in [-0.2, 0) is 10.3 Å². The third kappa shape index (κ3) is 1.98. The first-order chi connectivity index (χ1) is 9.32. The molecule has 6 nitrogen and oxygen atoms in total. The number of carbonyl (C=O) groups excluding carboxylic acids is 1. The molecule has 3 fully saturated rings. The van der Waals surface area contributed by atoms with Crippen molar-refractivity contribution in [1.82, 2.24) is 15.1 Å². The summed E-state index contributed by atoms with van der Waals surface area (Å²) in [5, 5.41) is 8.05. The molecule has 0 N–H and O–H groups in total. The van der Waals surface area contributed by atoms with Gasteiger partial charge in [-0.2, -0.15) is 0 Å². The molecule has 4 rings (SSSR count). The number of amides is 1. The molecule has 110 valence electrons. The first-order valence-corrected chi connectivity index (χ1v) is 7.15. The van der Waals surface area contributed by atoms with Crippen LogP contribution in [0.1, 0.15) is 58.2 Å². The zero-order valence-electron chi connectivity index (χ0n) is 12.5. The van der Waals surface area contributed by atoms with Crippen LogP contribution in [0.25, 0.3) is 0 Å². The summed E-state index contributed by atoms with van der Waals surface area (Å²) < 4.78 is 11.1. The highest BCUT2D eigenvalue weighted by Crippen LogP contribution is 2.54. The van der Waals surface area contributed by atoms with Gasteiger partial charge in [-0.1, -0.05) is 0 Å². The van der Waals surface area contributed by atoms with Gasteiger partial charge in [0, 0.05) is 19.4 Å². The number of rotatable bonds is 1. The van der Waals surface area contributed by atoms with E-state index < -0.39 is 11.1 Å².